The van der Waals surface area contributed by atoms with Crippen LogP contribution in [0, 0.1) is 12.7 Å². The minimum atomic E-state index is -0.887. The van der Waals surface area contributed by atoms with Crippen LogP contribution in [0.1, 0.15) is 48.3 Å². The summed E-state index contributed by atoms with van der Waals surface area (Å²) in [7, 11) is 0. The normalized spacial score (nSPS) is 12.4. The second-order valence-electron chi connectivity index (χ2n) is 7.15. The predicted molar refractivity (Wildman–Crippen MR) is 109 cm³/mol. The number of phenols is 1. The highest BCUT2D eigenvalue weighted by molar-refractivity contribution is 6.31. The third kappa shape index (κ3) is 3.72. The summed E-state index contributed by atoms with van der Waals surface area (Å²) in [6.45, 7) is 6.66. The Kier molecular flexibility index (Phi) is 5.66. The Morgan fingerprint density at radius 2 is 1.86 bits per heavy atom. The summed E-state index contributed by atoms with van der Waals surface area (Å²) in [5.74, 6) is -3.25. The van der Waals surface area contributed by atoms with Gasteiger partial charge in [0.2, 0.25) is 0 Å². The van der Waals surface area contributed by atoms with Gasteiger partial charge in [0.1, 0.15) is 0 Å². The van der Waals surface area contributed by atoms with Crippen LogP contribution in [0.25, 0.3) is 10.9 Å². The van der Waals surface area contributed by atoms with E-state index in [1.807, 2.05) is 0 Å². The van der Waals surface area contributed by atoms with Gasteiger partial charge in [-0.15, -0.1) is 0 Å². The number of carbonyl (C=O) groups excluding carboxylic acids is 2. The van der Waals surface area contributed by atoms with Crippen molar-refractivity contribution in [1.82, 2.24) is 4.57 Å². The minimum absolute atomic E-state index is 0.0195. The van der Waals surface area contributed by atoms with Crippen molar-refractivity contribution >= 4 is 34.4 Å². The zero-order valence-electron chi connectivity index (χ0n) is 16.5. The maximum Gasteiger partial charge on any atom is 0.313 e. The van der Waals surface area contributed by atoms with Crippen molar-refractivity contribution in [3.63, 3.8) is 0 Å². The van der Waals surface area contributed by atoms with Crippen molar-refractivity contribution in [3.05, 3.63) is 64.1 Å². The molecule has 0 amide bonds. The third-order valence-electron chi connectivity index (χ3n) is 4.75. The van der Waals surface area contributed by atoms with Gasteiger partial charge in [-0.05, 0) is 63.6 Å². The zero-order chi connectivity index (χ0) is 21.5. The van der Waals surface area contributed by atoms with Crippen molar-refractivity contribution in [2.24, 2.45) is 0 Å². The molecule has 3 aromatic rings. The van der Waals surface area contributed by atoms with Crippen molar-refractivity contribution < 1.29 is 23.8 Å². The molecular formula is C22H21ClFNO4. The van der Waals surface area contributed by atoms with Gasteiger partial charge in [0.15, 0.2) is 11.6 Å². The molecule has 1 aromatic heterocycles. The molecule has 0 aliphatic heterocycles. The first kappa shape index (κ1) is 20.9. The lowest BCUT2D eigenvalue weighted by Crippen LogP contribution is -2.19. The first-order chi connectivity index (χ1) is 13.6. The molecule has 7 heteroatoms. The quantitative estimate of drug-likeness (QED) is 0.593. The number of phenolic OH excluding ortho intramolecular Hbond substituents is 1. The molecule has 1 heterocycles. The molecule has 0 saturated heterocycles. The topological polar surface area (TPSA) is 68.5 Å². The second-order valence-corrected chi connectivity index (χ2v) is 7.59. The molecule has 1 N–H and O–H groups in total. The van der Waals surface area contributed by atoms with Crippen LogP contribution < -0.4 is 0 Å². The third-order valence-corrected chi connectivity index (χ3v) is 4.98. The largest absolute Gasteiger partial charge is 0.505 e. The maximum atomic E-state index is 14.9. The van der Waals surface area contributed by atoms with Gasteiger partial charge in [-0.25, -0.2) is 4.39 Å². The fourth-order valence-electron chi connectivity index (χ4n) is 3.47. The van der Waals surface area contributed by atoms with Gasteiger partial charge in [-0.1, -0.05) is 17.7 Å². The maximum absolute atomic E-state index is 14.9. The summed E-state index contributed by atoms with van der Waals surface area (Å²) in [5.41, 5.74) is 1.26. The van der Waals surface area contributed by atoms with Gasteiger partial charge in [0, 0.05) is 21.7 Å². The van der Waals surface area contributed by atoms with E-state index in [0.29, 0.717) is 21.8 Å². The van der Waals surface area contributed by atoms with Crippen LogP contribution in [0.3, 0.4) is 0 Å². The number of aromatic nitrogens is 1. The van der Waals surface area contributed by atoms with Gasteiger partial charge in [0.05, 0.1) is 17.5 Å². The van der Waals surface area contributed by atoms with Crippen LogP contribution >= 0.6 is 11.6 Å². The van der Waals surface area contributed by atoms with Crippen LogP contribution in [0.4, 0.5) is 4.39 Å². The predicted octanol–water partition coefficient (Wildman–Crippen LogP) is 5.19. The number of rotatable bonds is 4. The van der Waals surface area contributed by atoms with Gasteiger partial charge in [-0.3, -0.25) is 14.2 Å². The Labute approximate surface area is 172 Å². The molecule has 1 unspecified atom stereocenters. The van der Waals surface area contributed by atoms with Gasteiger partial charge in [0.25, 0.3) is 5.91 Å². The van der Waals surface area contributed by atoms with E-state index in [1.54, 1.807) is 45.9 Å². The average molecular weight is 418 g/mol. The lowest BCUT2D eigenvalue weighted by molar-refractivity contribution is -0.148. The number of ether oxygens (including phenoxy) is 1. The number of hydrogen-bond donors (Lipinski definition) is 1. The number of hydrogen-bond acceptors (Lipinski definition) is 4. The molecule has 3 rings (SSSR count). The molecule has 152 valence electrons. The van der Waals surface area contributed by atoms with Crippen LogP contribution in [-0.2, 0) is 9.53 Å². The Hall–Kier alpha value is -2.86. The van der Waals surface area contributed by atoms with Crippen LogP contribution in [0.2, 0.25) is 5.02 Å². The summed E-state index contributed by atoms with van der Waals surface area (Å²) in [4.78, 5) is 25.7. The summed E-state index contributed by atoms with van der Waals surface area (Å²) < 4.78 is 21.5. The molecule has 1 atom stereocenters. The smallest absolute Gasteiger partial charge is 0.313 e. The van der Waals surface area contributed by atoms with Crippen LogP contribution in [0.5, 0.6) is 5.75 Å². The fraction of sp³-hybridized carbons (Fsp3) is 0.273. The molecule has 0 radical (unpaired) electrons. The van der Waals surface area contributed by atoms with E-state index < -0.39 is 29.4 Å². The summed E-state index contributed by atoms with van der Waals surface area (Å²) >= 11 is 6.01. The molecule has 0 fully saturated rings. The standard InChI is InChI=1S/C22H21ClFNO4/c1-11(2)29-22(28)12(3)18-13(4)25(16-8-9-17(26)20(24)19(16)18)21(27)14-6-5-7-15(23)10-14/h5-12,26H,1-4H3. The number of aromatic hydroxyl groups is 1. The monoisotopic (exact) mass is 417 g/mol. The number of carbonyl (C=O) groups is 2. The fourth-order valence-corrected chi connectivity index (χ4v) is 3.66. The van der Waals surface area contributed by atoms with Gasteiger partial charge >= 0.3 is 5.97 Å². The molecular weight excluding hydrogens is 397 g/mol. The van der Waals surface area contributed by atoms with Crippen molar-refractivity contribution in [2.45, 2.75) is 39.7 Å². The second kappa shape index (κ2) is 7.87. The zero-order valence-corrected chi connectivity index (χ0v) is 17.2. The van der Waals surface area contributed by atoms with E-state index in [0.717, 1.165) is 0 Å². The van der Waals surface area contributed by atoms with Crippen molar-refractivity contribution in [1.29, 1.82) is 0 Å². The van der Waals surface area contributed by atoms with E-state index in [-0.39, 0.29) is 17.0 Å². The highest BCUT2D eigenvalue weighted by Gasteiger charge is 2.30. The number of halogens is 2. The molecule has 29 heavy (non-hydrogen) atoms. The van der Waals surface area contributed by atoms with Crippen LogP contribution in [0.15, 0.2) is 36.4 Å². The molecule has 0 aliphatic carbocycles. The SMILES string of the molecule is Cc1c(C(C)C(=O)OC(C)C)c2c(F)c(O)ccc2n1C(=O)c1cccc(Cl)c1. The van der Waals surface area contributed by atoms with Crippen molar-refractivity contribution in [2.75, 3.05) is 0 Å². The number of esters is 1. The number of benzene rings is 2. The Balaban J connectivity index is 2.27. The van der Waals surface area contributed by atoms with E-state index in [9.17, 15) is 19.1 Å². The van der Waals surface area contributed by atoms with Crippen molar-refractivity contribution in [3.8, 4) is 5.75 Å². The summed E-state index contributed by atoms with van der Waals surface area (Å²) in [6, 6.07) is 9.04. The minimum Gasteiger partial charge on any atom is -0.505 e. The first-order valence-electron chi connectivity index (χ1n) is 9.16. The van der Waals surface area contributed by atoms with E-state index in [1.165, 1.54) is 22.8 Å². The number of fused-ring (bicyclic) bond motifs is 1. The molecule has 5 nitrogen and oxygen atoms in total. The number of nitrogens with zero attached hydrogens (tertiary/aromatic N) is 1. The molecule has 0 spiro atoms. The first-order valence-corrected chi connectivity index (χ1v) is 9.54. The summed E-state index contributed by atoms with van der Waals surface area (Å²) in [5, 5.41) is 10.3. The molecule has 0 saturated carbocycles. The Bertz CT molecular complexity index is 1120. The van der Waals surface area contributed by atoms with Gasteiger partial charge < -0.3 is 9.84 Å². The molecule has 2 aromatic carbocycles. The highest BCUT2D eigenvalue weighted by Crippen LogP contribution is 2.37. The summed E-state index contributed by atoms with van der Waals surface area (Å²) in [6.07, 6.45) is -0.343. The molecule has 0 aliphatic rings. The van der Waals surface area contributed by atoms with Gasteiger partial charge in [-0.2, -0.15) is 0 Å². The average Bonchev–Trinajstić information content (AvgIpc) is 2.95. The molecule has 0 bridgehead atoms. The lowest BCUT2D eigenvalue weighted by atomic mass is 9.97. The lowest BCUT2D eigenvalue weighted by Gasteiger charge is -2.15. The Morgan fingerprint density at radius 1 is 1.17 bits per heavy atom. The highest BCUT2D eigenvalue weighted by atomic mass is 35.5. The van der Waals surface area contributed by atoms with E-state index in [2.05, 4.69) is 0 Å². The van der Waals surface area contributed by atoms with E-state index >= 15 is 0 Å². The van der Waals surface area contributed by atoms with E-state index in [4.69, 9.17) is 16.3 Å². The van der Waals surface area contributed by atoms with Crippen LogP contribution in [-0.4, -0.2) is 27.7 Å². The Morgan fingerprint density at radius 3 is 2.48 bits per heavy atom.